The zero-order valence-corrected chi connectivity index (χ0v) is 14.5. The molecule has 6 heteroatoms. The van der Waals surface area contributed by atoms with Crippen LogP contribution in [0.3, 0.4) is 0 Å². The van der Waals surface area contributed by atoms with Crippen molar-refractivity contribution in [2.24, 2.45) is 5.16 Å². The third-order valence-electron chi connectivity index (χ3n) is 4.12. The van der Waals surface area contributed by atoms with Crippen LogP contribution in [0.4, 0.5) is 0 Å². The molecule has 26 heavy (non-hydrogen) atoms. The zero-order chi connectivity index (χ0) is 17.8. The van der Waals surface area contributed by atoms with E-state index in [9.17, 15) is 0 Å². The monoisotopic (exact) mass is 349 g/mol. The van der Waals surface area contributed by atoms with Crippen LogP contribution < -0.4 is 9.47 Å². The Morgan fingerprint density at radius 2 is 2.00 bits per heavy atom. The van der Waals surface area contributed by atoms with E-state index in [1.807, 2.05) is 41.1 Å². The fourth-order valence-electron chi connectivity index (χ4n) is 2.67. The second-order valence-corrected chi connectivity index (χ2v) is 6.10. The van der Waals surface area contributed by atoms with E-state index >= 15 is 0 Å². The van der Waals surface area contributed by atoms with Gasteiger partial charge in [-0.05, 0) is 30.7 Å². The molecule has 0 spiro atoms. The second-order valence-electron chi connectivity index (χ2n) is 6.10. The van der Waals surface area contributed by atoms with E-state index in [2.05, 4.69) is 29.2 Å². The van der Waals surface area contributed by atoms with Gasteiger partial charge in [-0.1, -0.05) is 35.0 Å². The lowest BCUT2D eigenvalue weighted by molar-refractivity contribution is 0.130. The Hall–Kier alpha value is -3.28. The third-order valence-corrected chi connectivity index (χ3v) is 4.12. The van der Waals surface area contributed by atoms with E-state index in [1.54, 1.807) is 12.5 Å². The quantitative estimate of drug-likeness (QED) is 0.504. The van der Waals surface area contributed by atoms with Gasteiger partial charge in [0.1, 0.15) is 12.3 Å². The maximum atomic E-state index is 5.63. The lowest BCUT2D eigenvalue weighted by atomic mass is 10.1. The highest BCUT2D eigenvalue weighted by Crippen LogP contribution is 2.32. The molecule has 3 aromatic rings. The molecule has 0 unspecified atom stereocenters. The molecule has 0 radical (unpaired) electrons. The average molecular weight is 349 g/mol. The minimum Gasteiger partial charge on any atom is -0.454 e. The van der Waals surface area contributed by atoms with Gasteiger partial charge in [0.05, 0.1) is 12.9 Å². The van der Waals surface area contributed by atoms with E-state index in [4.69, 9.17) is 14.3 Å². The molecule has 0 bridgehead atoms. The van der Waals surface area contributed by atoms with Crippen LogP contribution in [-0.4, -0.2) is 22.1 Å². The molecule has 0 fully saturated rings. The third kappa shape index (κ3) is 3.69. The number of hydrogen-bond donors (Lipinski definition) is 0. The minimum absolute atomic E-state index is 0.247. The van der Waals surface area contributed by atoms with Gasteiger partial charge < -0.3 is 18.9 Å². The van der Waals surface area contributed by atoms with Crippen molar-refractivity contribution >= 4 is 5.71 Å². The van der Waals surface area contributed by atoms with Gasteiger partial charge in [-0.15, -0.1) is 0 Å². The lowest BCUT2D eigenvalue weighted by Crippen LogP contribution is -2.11. The summed E-state index contributed by atoms with van der Waals surface area (Å²) < 4.78 is 12.8. The maximum absolute atomic E-state index is 5.63. The van der Waals surface area contributed by atoms with Crippen molar-refractivity contribution < 1.29 is 14.3 Å². The summed E-state index contributed by atoms with van der Waals surface area (Å²) in [5, 5.41) is 4.38. The topological polar surface area (TPSA) is 57.9 Å². The Kier molecular flexibility index (Phi) is 4.55. The molecule has 4 rings (SSSR count). The molecule has 1 aliphatic heterocycles. The first kappa shape index (κ1) is 16.2. The normalized spacial score (nSPS) is 13.0. The number of rotatable bonds is 6. The summed E-state index contributed by atoms with van der Waals surface area (Å²) in [6, 6.07) is 14.0. The molecule has 6 nitrogen and oxygen atoms in total. The fourth-order valence-corrected chi connectivity index (χ4v) is 2.67. The first-order valence-electron chi connectivity index (χ1n) is 8.38. The number of fused-ring (bicyclic) bond motifs is 1. The fraction of sp³-hybridized carbons (Fsp3) is 0.200. The number of hydrogen-bond acceptors (Lipinski definition) is 5. The zero-order valence-electron chi connectivity index (χ0n) is 14.5. The van der Waals surface area contributed by atoms with Crippen LogP contribution in [0, 0.1) is 6.92 Å². The van der Waals surface area contributed by atoms with Crippen molar-refractivity contribution in [2.75, 3.05) is 6.79 Å². The smallest absolute Gasteiger partial charge is 0.231 e. The first-order chi connectivity index (χ1) is 12.8. The Morgan fingerprint density at radius 3 is 2.81 bits per heavy atom. The summed E-state index contributed by atoms with van der Waals surface area (Å²) in [6.07, 6.45) is 5.38. The number of nitrogens with zero attached hydrogens (tertiary/aromatic N) is 3. The highest BCUT2D eigenvalue weighted by molar-refractivity contribution is 6.00. The molecular weight excluding hydrogens is 330 g/mol. The molecule has 1 aliphatic rings. The van der Waals surface area contributed by atoms with Crippen LogP contribution in [0.25, 0.3) is 0 Å². The van der Waals surface area contributed by atoms with Gasteiger partial charge in [0.25, 0.3) is 0 Å². The van der Waals surface area contributed by atoms with Gasteiger partial charge in [0.15, 0.2) is 11.5 Å². The molecule has 2 heterocycles. The van der Waals surface area contributed by atoms with Crippen LogP contribution in [0.2, 0.25) is 0 Å². The van der Waals surface area contributed by atoms with Crippen molar-refractivity contribution in [3.8, 4) is 11.5 Å². The van der Waals surface area contributed by atoms with Crippen LogP contribution in [0.15, 0.2) is 66.3 Å². The molecule has 1 aromatic heterocycles. The molecule has 2 aromatic carbocycles. The summed E-state index contributed by atoms with van der Waals surface area (Å²) in [5.74, 6) is 1.47. The minimum atomic E-state index is 0.247. The Bertz CT molecular complexity index is 903. The maximum Gasteiger partial charge on any atom is 0.231 e. The molecule has 0 N–H and O–H groups in total. The summed E-state index contributed by atoms with van der Waals surface area (Å²) in [5.41, 5.74) is 4.01. The van der Waals surface area contributed by atoms with Crippen molar-refractivity contribution in [3.05, 3.63) is 77.9 Å². The molecule has 132 valence electrons. The number of imidazole rings is 1. The van der Waals surface area contributed by atoms with E-state index in [0.717, 1.165) is 28.3 Å². The van der Waals surface area contributed by atoms with Crippen molar-refractivity contribution in [1.82, 2.24) is 9.55 Å². The predicted octanol–water partition coefficient (Wildman–Crippen LogP) is 3.54. The molecular formula is C20H19N3O3. The van der Waals surface area contributed by atoms with Crippen molar-refractivity contribution in [3.63, 3.8) is 0 Å². The van der Waals surface area contributed by atoms with E-state index in [0.29, 0.717) is 13.2 Å². The van der Waals surface area contributed by atoms with Crippen molar-refractivity contribution in [1.29, 1.82) is 0 Å². The van der Waals surface area contributed by atoms with Crippen molar-refractivity contribution in [2.45, 2.75) is 20.1 Å². The second kappa shape index (κ2) is 7.31. The van der Waals surface area contributed by atoms with Gasteiger partial charge in [-0.3, -0.25) is 0 Å². The average Bonchev–Trinajstić information content (AvgIpc) is 3.33. The summed E-state index contributed by atoms with van der Waals surface area (Å²) in [4.78, 5) is 9.71. The molecule has 0 aliphatic carbocycles. The number of ether oxygens (including phenoxy) is 2. The van der Waals surface area contributed by atoms with E-state index < -0.39 is 0 Å². The van der Waals surface area contributed by atoms with Gasteiger partial charge in [0, 0.05) is 18.0 Å². The highest BCUT2D eigenvalue weighted by Gasteiger charge is 2.16. The number of benzene rings is 2. The Labute approximate surface area is 151 Å². The lowest BCUT2D eigenvalue weighted by Gasteiger charge is -2.09. The molecule has 0 amide bonds. The summed E-state index contributed by atoms with van der Waals surface area (Å²) in [7, 11) is 0. The van der Waals surface area contributed by atoms with Gasteiger partial charge in [-0.25, -0.2) is 4.98 Å². The summed E-state index contributed by atoms with van der Waals surface area (Å²) in [6.45, 7) is 3.27. The van der Waals surface area contributed by atoms with Crippen LogP contribution >= 0.6 is 0 Å². The predicted molar refractivity (Wildman–Crippen MR) is 97.3 cm³/mol. The Morgan fingerprint density at radius 1 is 1.15 bits per heavy atom. The molecule has 0 saturated carbocycles. The van der Waals surface area contributed by atoms with Gasteiger partial charge in [0.2, 0.25) is 6.79 Å². The number of oxime groups is 1. The van der Waals surface area contributed by atoms with Crippen LogP contribution in [0.5, 0.6) is 11.5 Å². The molecule has 0 atom stereocenters. The Balaban J connectivity index is 1.54. The largest absolute Gasteiger partial charge is 0.454 e. The molecule has 0 saturated heterocycles. The standard InChI is InChI=1S/C20H19N3O3/c1-15-2-4-16(5-3-15)12-26-22-18(11-23-9-8-21-13-23)17-6-7-19-20(10-17)25-14-24-19/h2-10,13H,11-12,14H2,1H3/b22-18+. The highest BCUT2D eigenvalue weighted by atomic mass is 16.7. The van der Waals surface area contributed by atoms with Crippen LogP contribution in [-0.2, 0) is 18.0 Å². The van der Waals surface area contributed by atoms with E-state index in [-0.39, 0.29) is 6.79 Å². The number of aryl methyl sites for hydroxylation is 1. The number of aromatic nitrogens is 2. The van der Waals surface area contributed by atoms with Crippen LogP contribution in [0.1, 0.15) is 16.7 Å². The first-order valence-corrected chi connectivity index (χ1v) is 8.38. The van der Waals surface area contributed by atoms with Gasteiger partial charge in [-0.2, -0.15) is 0 Å². The SMILES string of the molecule is Cc1ccc(CO/N=C(\Cn2ccnc2)c2ccc3c(c2)OCO3)cc1. The van der Waals surface area contributed by atoms with Gasteiger partial charge >= 0.3 is 0 Å². The van der Waals surface area contributed by atoms with E-state index in [1.165, 1.54) is 5.56 Å². The summed E-state index contributed by atoms with van der Waals surface area (Å²) >= 11 is 0.